The van der Waals surface area contributed by atoms with E-state index in [0.717, 1.165) is 45.4 Å². The van der Waals surface area contributed by atoms with E-state index in [1.54, 1.807) is 4.90 Å². The Morgan fingerprint density at radius 1 is 1.43 bits per heavy atom. The van der Waals surface area contributed by atoms with Gasteiger partial charge in [-0.1, -0.05) is 13.3 Å². The summed E-state index contributed by atoms with van der Waals surface area (Å²) < 4.78 is 5.24. The van der Waals surface area contributed by atoms with E-state index in [9.17, 15) is 4.79 Å². The molecule has 0 aromatic carbocycles. The van der Waals surface area contributed by atoms with Crippen LogP contribution in [0.3, 0.4) is 0 Å². The summed E-state index contributed by atoms with van der Waals surface area (Å²) in [6.07, 6.45) is 6.76. The Labute approximate surface area is 125 Å². The molecule has 0 radical (unpaired) electrons. The van der Waals surface area contributed by atoms with Gasteiger partial charge in [0.15, 0.2) is 0 Å². The van der Waals surface area contributed by atoms with Crippen LogP contribution in [0.4, 0.5) is 4.79 Å². The molecular weight excluding hydrogens is 266 g/mol. The zero-order valence-corrected chi connectivity index (χ0v) is 12.6. The first-order chi connectivity index (χ1) is 10.3. The van der Waals surface area contributed by atoms with Crippen molar-refractivity contribution < 1.29 is 9.53 Å². The number of nitrogens with zero attached hydrogens (tertiary/aromatic N) is 3. The largest absolute Gasteiger partial charge is 0.449 e. The van der Waals surface area contributed by atoms with Gasteiger partial charge >= 0.3 is 6.09 Å². The van der Waals surface area contributed by atoms with Crippen LogP contribution in [0.15, 0.2) is 18.5 Å². The summed E-state index contributed by atoms with van der Waals surface area (Å²) in [4.78, 5) is 20.3. The van der Waals surface area contributed by atoms with Crippen molar-refractivity contribution in [3.63, 3.8) is 0 Å². The van der Waals surface area contributed by atoms with Gasteiger partial charge in [0.2, 0.25) is 0 Å². The molecule has 3 heterocycles. The molecule has 3 rings (SSSR count). The summed E-state index contributed by atoms with van der Waals surface area (Å²) in [5, 5.41) is 0. The van der Waals surface area contributed by atoms with Gasteiger partial charge in [0.25, 0.3) is 0 Å². The number of carbonyl (C=O) groups is 1. The van der Waals surface area contributed by atoms with Crippen molar-refractivity contribution in [2.24, 2.45) is 0 Å². The summed E-state index contributed by atoms with van der Waals surface area (Å²) in [5.41, 5.74) is 2.74. The second-order valence-corrected chi connectivity index (χ2v) is 5.89. The van der Waals surface area contributed by atoms with E-state index >= 15 is 0 Å². The fourth-order valence-electron chi connectivity index (χ4n) is 2.95. The van der Waals surface area contributed by atoms with E-state index in [1.807, 2.05) is 12.4 Å². The van der Waals surface area contributed by atoms with Crippen LogP contribution in [0.5, 0.6) is 0 Å². The predicted molar refractivity (Wildman–Crippen MR) is 80.0 cm³/mol. The molecular formula is C16H23N3O2. The first kappa shape index (κ1) is 14.3. The van der Waals surface area contributed by atoms with Crippen molar-refractivity contribution >= 4 is 6.09 Å². The highest BCUT2D eigenvalue weighted by Crippen LogP contribution is 2.24. The molecule has 114 valence electrons. The molecule has 1 amide bonds. The van der Waals surface area contributed by atoms with Crippen molar-refractivity contribution in [1.29, 1.82) is 0 Å². The van der Waals surface area contributed by atoms with Crippen molar-refractivity contribution in [2.75, 3.05) is 26.2 Å². The number of rotatable bonds is 4. The third-order valence-corrected chi connectivity index (χ3v) is 4.41. The van der Waals surface area contributed by atoms with Crippen LogP contribution >= 0.6 is 0 Å². The predicted octanol–water partition coefficient (Wildman–Crippen LogP) is 2.06. The van der Waals surface area contributed by atoms with Crippen molar-refractivity contribution in [2.45, 2.75) is 38.8 Å². The second-order valence-electron chi connectivity index (χ2n) is 5.89. The van der Waals surface area contributed by atoms with Gasteiger partial charge < -0.3 is 9.64 Å². The molecule has 21 heavy (non-hydrogen) atoms. The zero-order valence-electron chi connectivity index (χ0n) is 12.6. The maximum Gasteiger partial charge on any atom is 0.409 e. The monoisotopic (exact) mass is 289 g/mol. The Bertz CT molecular complexity index is 500. The number of aromatic nitrogens is 1. The highest BCUT2D eigenvalue weighted by atomic mass is 16.6. The second kappa shape index (κ2) is 6.43. The van der Waals surface area contributed by atoms with E-state index < -0.39 is 0 Å². The minimum absolute atomic E-state index is 0.154. The smallest absolute Gasteiger partial charge is 0.409 e. The van der Waals surface area contributed by atoms with Gasteiger partial charge in [-0.05, 0) is 30.0 Å². The average Bonchev–Trinajstić information content (AvgIpc) is 2.46. The van der Waals surface area contributed by atoms with Crippen LogP contribution < -0.4 is 0 Å². The zero-order chi connectivity index (χ0) is 14.7. The number of hydrogen-bond acceptors (Lipinski definition) is 4. The lowest BCUT2D eigenvalue weighted by atomic mass is 9.98. The van der Waals surface area contributed by atoms with Gasteiger partial charge in [-0.3, -0.25) is 9.88 Å². The number of amides is 1. The molecule has 1 saturated heterocycles. The van der Waals surface area contributed by atoms with Gasteiger partial charge in [-0.25, -0.2) is 4.79 Å². The fraction of sp³-hybridized carbons (Fsp3) is 0.625. The Kier molecular flexibility index (Phi) is 4.39. The SMILES string of the molecule is CCCCOC(=O)N1CC(N2CCc3ccncc3C2)C1. The summed E-state index contributed by atoms with van der Waals surface area (Å²) in [7, 11) is 0. The first-order valence-electron chi connectivity index (χ1n) is 7.85. The standard InChI is InChI=1S/C16H23N3O2/c1-2-3-8-21-16(20)19-11-15(12-19)18-7-5-13-4-6-17-9-14(13)10-18/h4,6,9,15H,2-3,5,7-8,10-12H2,1H3. The van der Waals surface area contributed by atoms with E-state index in [-0.39, 0.29) is 6.09 Å². The molecule has 2 aliphatic heterocycles. The molecule has 0 aliphatic carbocycles. The molecule has 0 atom stereocenters. The number of unbranched alkanes of at least 4 members (excludes halogenated alkanes) is 1. The average molecular weight is 289 g/mol. The third kappa shape index (κ3) is 3.18. The first-order valence-corrected chi connectivity index (χ1v) is 7.85. The molecule has 5 heteroatoms. The Balaban J connectivity index is 1.46. The quantitative estimate of drug-likeness (QED) is 0.796. The molecule has 1 fully saturated rings. The van der Waals surface area contributed by atoms with E-state index in [4.69, 9.17) is 4.74 Å². The number of pyridine rings is 1. The number of carbonyl (C=O) groups excluding carboxylic acids is 1. The summed E-state index contributed by atoms with van der Waals surface area (Å²) in [6.45, 7) is 6.24. The maximum absolute atomic E-state index is 11.8. The Morgan fingerprint density at radius 3 is 3.10 bits per heavy atom. The third-order valence-electron chi connectivity index (χ3n) is 4.41. The van der Waals surface area contributed by atoms with Gasteiger partial charge in [0.1, 0.15) is 0 Å². The Morgan fingerprint density at radius 2 is 2.29 bits per heavy atom. The maximum atomic E-state index is 11.8. The number of likely N-dealkylation sites (tertiary alicyclic amines) is 1. The molecule has 0 N–H and O–H groups in total. The van der Waals surface area contributed by atoms with Crippen LogP contribution in [0.1, 0.15) is 30.9 Å². The highest BCUT2D eigenvalue weighted by Gasteiger charge is 2.36. The fourth-order valence-corrected chi connectivity index (χ4v) is 2.95. The molecule has 1 aromatic rings. The van der Waals surface area contributed by atoms with Crippen molar-refractivity contribution in [3.8, 4) is 0 Å². The minimum Gasteiger partial charge on any atom is -0.449 e. The van der Waals surface area contributed by atoms with Gasteiger partial charge in [-0.15, -0.1) is 0 Å². The number of fused-ring (bicyclic) bond motifs is 1. The lowest BCUT2D eigenvalue weighted by molar-refractivity contribution is 0.0158. The lowest BCUT2D eigenvalue weighted by Crippen LogP contribution is -2.61. The van der Waals surface area contributed by atoms with Gasteiger partial charge in [0.05, 0.1) is 6.61 Å². The molecule has 0 unspecified atom stereocenters. The number of ether oxygens (including phenoxy) is 1. The normalized spacial score (nSPS) is 19.0. The van der Waals surface area contributed by atoms with Crippen molar-refractivity contribution in [1.82, 2.24) is 14.8 Å². The van der Waals surface area contributed by atoms with Crippen LogP contribution in [-0.2, 0) is 17.7 Å². The van der Waals surface area contributed by atoms with Crippen LogP contribution in [0.25, 0.3) is 0 Å². The lowest BCUT2D eigenvalue weighted by Gasteiger charge is -2.46. The number of hydrogen-bond donors (Lipinski definition) is 0. The summed E-state index contributed by atoms with van der Waals surface area (Å²) in [6, 6.07) is 2.59. The molecule has 0 saturated carbocycles. The highest BCUT2D eigenvalue weighted by molar-refractivity contribution is 5.68. The topological polar surface area (TPSA) is 45.7 Å². The molecule has 0 spiro atoms. The van der Waals surface area contributed by atoms with Crippen LogP contribution in [0.2, 0.25) is 0 Å². The molecule has 0 bridgehead atoms. The summed E-state index contributed by atoms with van der Waals surface area (Å²) >= 11 is 0. The van der Waals surface area contributed by atoms with E-state index in [2.05, 4.69) is 22.9 Å². The van der Waals surface area contributed by atoms with E-state index in [1.165, 1.54) is 11.1 Å². The molecule has 2 aliphatic rings. The van der Waals surface area contributed by atoms with Gasteiger partial charge in [-0.2, -0.15) is 0 Å². The van der Waals surface area contributed by atoms with Crippen molar-refractivity contribution in [3.05, 3.63) is 29.6 Å². The minimum atomic E-state index is -0.154. The van der Waals surface area contributed by atoms with Crippen LogP contribution in [0, 0.1) is 0 Å². The molecule has 1 aromatic heterocycles. The summed E-state index contributed by atoms with van der Waals surface area (Å²) in [5.74, 6) is 0. The van der Waals surface area contributed by atoms with Crippen LogP contribution in [-0.4, -0.2) is 53.2 Å². The Hall–Kier alpha value is -1.62. The van der Waals surface area contributed by atoms with Gasteiger partial charge in [0, 0.05) is 44.6 Å². The van der Waals surface area contributed by atoms with E-state index in [0.29, 0.717) is 12.6 Å². The molecule has 5 nitrogen and oxygen atoms in total.